The third kappa shape index (κ3) is 1.42. The predicted molar refractivity (Wildman–Crippen MR) is 48.4 cm³/mol. The highest BCUT2D eigenvalue weighted by Gasteiger charge is 2.24. The van der Waals surface area contributed by atoms with Crippen LogP contribution in [0.3, 0.4) is 0 Å². The van der Waals surface area contributed by atoms with E-state index in [0.29, 0.717) is 4.77 Å². The highest BCUT2D eigenvalue weighted by atomic mass is 32.1. The zero-order chi connectivity index (χ0) is 9.35. The third-order valence-corrected chi connectivity index (χ3v) is 2.29. The molecule has 0 saturated heterocycles. The highest BCUT2D eigenvalue weighted by molar-refractivity contribution is 7.71. The van der Waals surface area contributed by atoms with Crippen LogP contribution in [0.1, 0.15) is 19.7 Å². The van der Waals surface area contributed by atoms with E-state index < -0.39 is 5.60 Å². The number of hydrogen-bond donors (Lipinski definition) is 1. The Bertz CT molecular complexity index is 326. The molecular weight excluding hydrogens is 174 g/mol. The highest BCUT2D eigenvalue weighted by Crippen LogP contribution is 2.20. The number of aromatic amines is 1. The van der Waals surface area contributed by atoms with Crippen molar-refractivity contribution in [2.24, 2.45) is 7.05 Å². The molecule has 0 aliphatic carbocycles. The van der Waals surface area contributed by atoms with Gasteiger partial charge in [0.1, 0.15) is 5.60 Å². The Morgan fingerprint density at radius 2 is 2.17 bits per heavy atom. The van der Waals surface area contributed by atoms with Gasteiger partial charge in [-0.2, -0.15) is 5.10 Å². The molecule has 1 heterocycles. The van der Waals surface area contributed by atoms with Crippen LogP contribution in [0.5, 0.6) is 0 Å². The first-order valence-corrected chi connectivity index (χ1v) is 4.07. The van der Waals surface area contributed by atoms with E-state index >= 15 is 0 Å². The van der Waals surface area contributed by atoms with Crippen LogP contribution in [0, 0.1) is 4.77 Å². The summed E-state index contributed by atoms with van der Waals surface area (Å²) >= 11 is 4.98. The van der Waals surface area contributed by atoms with Crippen LogP contribution in [0.2, 0.25) is 0 Å². The molecule has 0 aliphatic heterocycles. The van der Waals surface area contributed by atoms with Crippen molar-refractivity contribution in [2.75, 3.05) is 7.11 Å². The Morgan fingerprint density at radius 3 is 2.50 bits per heavy atom. The van der Waals surface area contributed by atoms with E-state index in [4.69, 9.17) is 17.0 Å². The van der Waals surface area contributed by atoms with Gasteiger partial charge in [0.05, 0.1) is 0 Å². The first-order chi connectivity index (χ1) is 5.49. The quantitative estimate of drug-likeness (QED) is 0.711. The summed E-state index contributed by atoms with van der Waals surface area (Å²) in [6, 6.07) is 0. The molecule has 1 aromatic rings. The molecule has 0 atom stereocenters. The van der Waals surface area contributed by atoms with Crippen LogP contribution in [-0.2, 0) is 17.4 Å². The van der Waals surface area contributed by atoms with E-state index in [9.17, 15) is 0 Å². The molecule has 0 spiro atoms. The van der Waals surface area contributed by atoms with E-state index in [-0.39, 0.29) is 0 Å². The summed E-state index contributed by atoms with van der Waals surface area (Å²) < 4.78 is 7.68. The van der Waals surface area contributed by atoms with Gasteiger partial charge in [-0.05, 0) is 26.1 Å². The van der Waals surface area contributed by atoms with Gasteiger partial charge < -0.3 is 9.30 Å². The average Bonchev–Trinajstić information content (AvgIpc) is 2.33. The lowest BCUT2D eigenvalue weighted by Crippen LogP contribution is -2.24. The topological polar surface area (TPSA) is 42.8 Å². The Balaban J connectivity index is 3.20. The minimum Gasteiger partial charge on any atom is -0.371 e. The molecular formula is C7H13N3OS. The Kier molecular flexibility index (Phi) is 2.34. The van der Waals surface area contributed by atoms with Crippen LogP contribution in [0.25, 0.3) is 0 Å². The molecule has 1 rings (SSSR count). The van der Waals surface area contributed by atoms with Crippen molar-refractivity contribution in [3.8, 4) is 0 Å². The second-order valence-electron chi connectivity index (χ2n) is 3.13. The largest absolute Gasteiger partial charge is 0.371 e. The number of ether oxygens (including phenoxy) is 1. The molecule has 0 unspecified atom stereocenters. The van der Waals surface area contributed by atoms with Crippen molar-refractivity contribution in [3.63, 3.8) is 0 Å². The van der Waals surface area contributed by atoms with Crippen molar-refractivity contribution in [1.82, 2.24) is 14.8 Å². The Hall–Kier alpha value is -0.680. The number of aromatic nitrogens is 3. The average molecular weight is 187 g/mol. The minimum atomic E-state index is -0.400. The lowest BCUT2D eigenvalue weighted by Gasteiger charge is -2.20. The molecule has 0 saturated carbocycles. The van der Waals surface area contributed by atoms with Gasteiger partial charge in [0.15, 0.2) is 10.6 Å². The summed E-state index contributed by atoms with van der Waals surface area (Å²) in [5.41, 5.74) is -0.400. The fourth-order valence-corrected chi connectivity index (χ4v) is 1.11. The van der Waals surface area contributed by atoms with Gasteiger partial charge in [-0.1, -0.05) is 0 Å². The lowest BCUT2D eigenvalue weighted by atomic mass is 10.1. The number of nitrogens with one attached hydrogen (secondary N) is 1. The van der Waals surface area contributed by atoms with Gasteiger partial charge in [0.2, 0.25) is 0 Å². The standard InChI is InChI=1S/C7H13N3OS/c1-7(2,11-4)5-8-9-6(12)10(5)3/h1-4H3,(H,9,12). The molecule has 0 bridgehead atoms. The Labute approximate surface area is 76.6 Å². The second kappa shape index (κ2) is 2.99. The number of hydrogen-bond acceptors (Lipinski definition) is 3. The summed E-state index contributed by atoms with van der Waals surface area (Å²) in [6.45, 7) is 3.88. The molecule has 1 aromatic heterocycles. The smallest absolute Gasteiger partial charge is 0.194 e. The SMILES string of the molecule is COC(C)(C)c1n[nH]c(=S)n1C. The second-order valence-corrected chi connectivity index (χ2v) is 3.51. The summed E-state index contributed by atoms with van der Waals surface area (Å²) in [5.74, 6) is 0.801. The molecule has 5 heteroatoms. The molecule has 0 radical (unpaired) electrons. The Morgan fingerprint density at radius 1 is 1.58 bits per heavy atom. The molecule has 4 nitrogen and oxygen atoms in total. The van der Waals surface area contributed by atoms with Crippen LogP contribution >= 0.6 is 12.2 Å². The molecule has 1 N–H and O–H groups in total. The van der Waals surface area contributed by atoms with Crippen molar-refractivity contribution in [1.29, 1.82) is 0 Å². The summed E-state index contributed by atoms with van der Waals surface area (Å²) in [4.78, 5) is 0. The van der Waals surface area contributed by atoms with Crippen LogP contribution in [0.15, 0.2) is 0 Å². The predicted octanol–water partition coefficient (Wildman–Crippen LogP) is 1.36. The van der Waals surface area contributed by atoms with Crippen molar-refractivity contribution in [2.45, 2.75) is 19.4 Å². The van der Waals surface area contributed by atoms with Crippen molar-refractivity contribution >= 4 is 12.2 Å². The normalized spacial score (nSPS) is 12.0. The van der Waals surface area contributed by atoms with E-state index in [1.165, 1.54) is 0 Å². The van der Waals surface area contributed by atoms with Gasteiger partial charge in [-0.25, -0.2) is 0 Å². The number of rotatable bonds is 2. The van der Waals surface area contributed by atoms with E-state index in [1.54, 1.807) is 11.7 Å². The maximum absolute atomic E-state index is 5.27. The maximum Gasteiger partial charge on any atom is 0.194 e. The summed E-state index contributed by atoms with van der Waals surface area (Å²) in [6.07, 6.45) is 0. The minimum absolute atomic E-state index is 0.400. The van der Waals surface area contributed by atoms with E-state index in [0.717, 1.165) is 5.82 Å². The molecule has 0 aliphatic rings. The van der Waals surface area contributed by atoms with E-state index in [1.807, 2.05) is 20.9 Å². The zero-order valence-electron chi connectivity index (χ0n) is 7.71. The third-order valence-electron chi connectivity index (χ3n) is 1.93. The summed E-state index contributed by atoms with van der Waals surface area (Å²) in [7, 11) is 3.51. The van der Waals surface area contributed by atoms with Gasteiger partial charge >= 0.3 is 0 Å². The van der Waals surface area contributed by atoms with Gasteiger partial charge in [0.25, 0.3) is 0 Å². The molecule has 0 amide bonds. The first kappa shape index (κ1) is 9.41. The van der Waals surface area contributed by atoms with E-state index in [2.05, 4.69) is 10.2 Å². The number of nitrogens with zero attached hydrogens (tertiary/aromatic N) is 2. The fourth-order valence-electron chi connectivity index (χ4n) is 0.977. The van der Waals surface area contributed by atoms with Gasteiger partial charge in [-0.15, -0.1) is 0 Å². The van der Waals surface area contributed by atoms with Crippen LogP contribution < -0.4 is 0 Å². The zero-order valence-corrected chi connectivity index (χ0v) is 8.53. The number of H-pyrrole nitrogens is 1. The molecule has 0 aromatic carbocycles. The molecule has 0 fully saturated rings. The molecule has 12 heavy (non-hydrogen) atoms. The van der Waals surface area contributed by atoms with Gasteiger partial charge in [0, 0.05) is 14.2 Å². The summed E-state index contributed by atoms with van der Waals surface area (Å²) in [5, 5.41) is 6.79. The first-order valence-electron chi connectivity index (χ1n) is 3.66. The van der Waals surface area contributed by atoms with Crippen LogP contribution in [0.4, 0.5) is 0 Å². The van der Waals surface area contributed by atoms with Crippen molar-refractivity contribution < 1.29 is 4.74 Å². The van der Waals surface area contributed by atoms with Gasteiger partial charge in [-0.3, -0.25) is 5.10 Å². The van der Waals surface area contributed by atoms with Crippen LogP contribution in [-0.4, -0.2) is 21.9 Å². The lowest BCUT2D eigenvalue weighted by molar-refractivity contribution is 0.00891. The fraction of sp³-hybridized carbons (Fsp3) is 0.714. The monoisotopic (exact) mass is 187 g/mol. The number of methoxy groups -OCH3 is 1. The maximum atomic E-state index is 5.27. The van der Waals surface area contributed by atoms with Crippen molar-refractivity contribution in [3.05, 3.63) is 10.6 Å². The molecule has 68 valence electrons.